The highest BCUT2D eigenvalue weighted by atomic mass is 19.1. The van der Waals surface area contributed by atoms with Crippen molar-refractivity contribution < 1.29 is 4.39 Å². The Labute approximate surface area is 74.5 Å². The molecule has 68 valence electrons. The molecule has 0 atom stereocenters. The second kappa shape index (κ2) is 5.76. The van der Waals surface area contributed by atoms with Crippen molar-refractivity contribution in [3.05, 3.63) is 35.2 Å². The Kier molecular flexibility index (Phi) is 5.35. The smallest absolute Gasteiger partial charge is 0.121 e. The molecule has 0 unspecified atom stereocenters. The topological polar surface area (TPSA) is 0 Å². The lowest BCUT2D eigenvalue weighted by molar-refractivity contribution is 0.654. The zero-order chi connectivity index (χ0) is 9.56. The Morgan fingerprint density at radius 1 is 1.25 bits per heavy atom. The molecule has 0 radical (unpaired) electrons. The summed E-state index contributed by atoms with van der Waals surface area (Å²) in [5.74, 6) is -0.143. The van der Waals surface area contributed by atoms with Crippen LogP contribution in [0.1, 0.15) is 34.1 Å². The summed E-state index contributed by atoms with van der Waals surface area (Å²) in [5, 5.41) is 0. The molecule has 0 aromatic rings. The fourth-order valence-electron chi connectivity index (χ4n) is 0.581. The van der Waals surface area contributed by atoms with Gasteiger partial charge in [0.2, 0.25) is 0 Å². The molecule has 0 heterocycles. The molecule has 12 heavy (non-hydrogen) atoms. The van der Waals surface area contributed by atoms with Crippen LogP contribution < -0.4 is 0 Å². The van der Waals surface area contributed by atoms with Gasteiger partial charge in [-0.05, 0) is 38.8 Å². The van der Waals surface area contributed by atoms with E-state index in [9.17, 15) is 4.39 Å². The second-order valence-corrected chi connectivity index (χ2v) is 3.07. The lowest BCUT2D eigenvalue weighted by Crippen LogP contribution is -1.71. The summed E-state index contributed by atoms with van der Waals surface area (Å²) < 4.78 is 12.8. The molecular formula is C11H17F. The van der Waals surface area contributed by atoms with E-state index in [0.29, 0.717) is 5.57 Å². The van der Waals surface area contributed by atoms with Crippen LogP contribution in [0.2, 0.25) is 0 Å². The van der Waals surface area contributed by atoms with Gasteiger partial charge >= 0.3 is 0 Å². The van der Waals surface area contributed by atoms with Crippen LogP contribution >= 0.6 is 0 Å². The van der Waals surface area contributed by atoms with E-state index >= 15 is 0 Å². The normalized spacial score (nSPS) is 12.2. The van der Waals surface area contributed by atoms with Gasteiger partial charge in [-0.3, -0.25) is 0 Å². The molecule has 0 aliphatic rings. The lowest BCUT2D eigenvalue weighted by atomic mass is 10.2. The standard InChI is InChI=1S/C11H17F/c1-5-10(4)7-6-8-11(12)9(2)3/h6-8H,5H2,1-4H3/b8-6-,10-7+. The molecule has 0 bridgehead atoms. The van der Waals surface area contributed by atoms with Gasteiger partial charge in [0, 0.05) is 0 Å². The molecule has 0 spiro atoms. The first kappa shape index (κ1) is 11.2. The summed E-state index contributed by atoms with van der Waals surface area (Å²) in [6, 6.07) is 0. The van der Waals surface area contributed by atoms with E-state index in [0.717, 1.165) is 6.42 Å². The Balaban J connectivity index is 4.19. The van der Waals surface area contributed by atoms with Crippen molar-refractivity contribution in [3.8, 4) is 0 Å². The Bertz CT molecular complexity index is 215. The number of allylic oxidation sites excluding steroid dienone is 6. The number of hydrogen-bond acceptors (Lipinski definition) is 0. The van der Waals surface area contributed by atoms with E-state index in [-0.39, 0.29) is 5.83 Å². The summed E-state index contributed by atoms with van der Waals surface area (Å²) >= 11 is 0. The minimum Gasteiger partial charge on any atom is -0.207 e. The molecule has 0 saturated carbocycles. The highest BCUT2D eigenvalue weighted by Gasteiger charge is 1.88. The third-order valence-electron chi connectivity index (χ3n) is 1.66. The molecule has 0 N–H and O–H groups in total. The number of halogens is 1. The van der Waals surface area contributed by atoms with Crippen molar-refractivity contribution in [2.24, 2.45) is 0 Å². The van der Waals surface area contributed by atoms with Gasteiger partial charge in [0.1, 0.15) is 5.83 Å². The van der Waals surface area contributed by atoms with Crippen LogP contribution in [-0.4, -0.2) is 0 Å². The van der Waals surface area contributed by atoms with E-state index in [4.69, 9.17) is 0 Å². The molecular weight excluding hydrogens is 151 g/mol. The van der Waals surface area contributed by atoms with Crippen LogP contribution in [0, 0.1) is 0 Å². The van der Waals surface area contributed by atoms with Crippen LogP contribution in [0.4, 0.5) is 4.39 Å². The van der Waals surface area contributed by atoms with Crippen LogP contribution in [0.5, 0.6) is 0 Å². The average Bonchev–Trinajstić information content (AvgIpc) is 2.03. The van der Waals surface area contributed by atoms with Gasteiger partial charge in [0.05, 0.1) is 0 Å². The summed E-state index contributed by atoms with van der Waals surface area (Å²) in [4.78, 5) is 0. The summed E-state index contributed by atoms with van der Waals surface area (Å²) in [5.41, 5.74) is 1.97. The van der Waals surface area contributed by atoms with E-state index in [2.05, 4.69) is 6.92 Å². The molecule has 0 fully saturated rings. The number of rotatable bonds is 3. The highest BCUT2D eigenvalue weighted by Crippen LogP contribution is 2.06. The Hall–Kier alpha value is -0.850. The fraction of sp³-hybridized carbons (Fsp3) is 0.455. The molecule has 0 aromatic carbocycles. The van der Waals surface area contributed by atoms with Gasteiger partial charge < -0.3 is 0 Å². The minimum absolute atomic E-state index is 0.143. The predicted molar refractivity (Wildman–Crippen MR) is 52.7 cm³/mol. The zero-order valence-corrected chi connectivity index (χ0v) is 8.32. The minimum atomic E-state index is -0.143. The molecule has 0 nitrogen and oxygen atoms in total. The first-order valence-corrected chi connectivity index (χ1v) is 4.24. The SMILES string of the molecule is CC/C(C)=C/C=C\C(F)=C(C)C. The van der Waals surface area contributed by atoms with Crippen LogP contribution in [0.3, 0.4) is 0 Å². The Morgan fingerprint density at radius 3 is 2.25 bits per heavy atom. The van der Waals surface area contributed by atoms with E-state index in [1.807, 2.05) is 13.0 Å². The molecule has 1 heteroatoms. The van der Waals surface area contributed by atoms with Crippen molar-refractivity contribution in [1.29, 1.82) is 0 Å². The lowest BCUT2D eigenvalue weighted by Gasteiger charge is -1.91. The van der Waals surface area contributed by atoms with Gasteiger partial charge in [-0.25, -0.2) is 4.39 Å². The summed E-state index contributed by atoms with van der Waals surface area (Å²) in [7, 11) is 0. The van der Waals surface area contributed by atoms with Gasteiger partial charge in [0.25, 0.3) is 0 Å². The molecule has 0 rings (SSSR count). The summed E-state index contributed by atoms with van der Waals surface area (Å²) in [6.07, 6.45) is 6.19. The van der Waals surface area contributed by atoms with Gasteiger partial charge in [0.15, 0.2) is 0 Å². The first-order valence-electron chi connectivity index (χ1n) is 4.24. The maximum atomic E-state index is 12.8. The van der Waals surface area contributed by atoms with Crippen LogP contribution in [0.15, 0.2) is 35.2 Å². The van der Waals surface area contributed by atoms with Crippen LogP contribution in [-0.2, 0) is 0 Å². The first-order chi connectivity index (χ1) is 5.57. The summed E-state index contributed by atoms with van der Waals surface area (Å²) in [6.45, 7) is 7.63. The van der Waals surface area contributed by atoms with E-state index in [1.165, 1.54) is 11.6 Å². The molecule has 0 aliphatic heterocycles. The van der Waals surface area contributed by atoms with Crippen molar-refractivity contribution in [2.45, 2.75) is 34.1 Å². The second-order valence-electron chi connectivity index (χ2n) is 3.07. The maximum absolute atomic E-state index is 12.8. The Morgan fingerprint density at radius 2 is 1.83 bits per heavy atom. The highest BCUT2D eigenvalue weighted by molar-refractivity contribution is 5.21. The predicted octanol–water partition coefficient (Wildman–Crippen LogP) is 4.16. The fourth-order valence-corrected chi connectivity index (χ4v) is 0.581. The largest absolute Gasteiger partial charge is 0.207 e. The van der Waals surface area contributed by atoms with Gasteiger partial charge in [-0.1, -0.05) is 24.6 Å². The quantitative estimate of drug-likeness (QED) is 0.555. The van der Waals surface area contributed by atoms with Crippen molar-refractivity contribution in [2.75, 3.05) is 0 Å². The molecule has 0 amide bonds. The van der Waals surface area contributed by atoms with E-state index in [1.54, 1.807) is 19.9 Å². The van der Waals surface area contributed by atoms with Gasteiger partial charge in [-0.2, -0.15) is 0 Å². The van der Waals surface area contributed by atoms with Crippen LogP contribution in [0.25, 0.3) is 0 Å². The molecule has 0 aliphatic carbocycles. The van der Waals surface area contributed by atoms with Crippen molar-refractivity contribution in [3.63, 3.8) is 0 Å². The van der Waals surface area contributed by atoms with Crippen molar-refractivity contribution in [1.82, 2.24) is 0 Å². The molecule has 0 saturated heterocycles. The zero-order valence-electron chi connectivity index (χ0n) is 8.32. The number of hydrogen-bond donors (Lipinski definition) is 0. The monoisotopic (exact) mass is 168 g/mol. The third-order valence-corrected chi connectivity index (χ3v) is 1.66. The van der Waals surface area contributed by atoms with E-state index < -0.39 is 0 Å². The average molecular weight is 168 g/mol. The van der Waals surface area contributed by atoms with Gasteiger partial charge in [-0.15, -0.1) is 0 Å². The third kappa shape index (κ3) is 4.89. The maximum Gasteiger partial charge on any atom is 0.121 e. The van der Waals surface area contributed by atoms with Crippen molar-refractivity contribution >= 4 is 0 Å². The molecule has 0 aromatic heterocycles.